The van der Waals surface area contributed by atoms with Gasteiger partial charge in [0.1, 0.15) is 6.04 Å². The number of hydrogen-bond donors (Lipinski definition) is 2. The smallest absolute Gasteiger partial charge is 0.251 e. The zero-order valence-corrected chi connectivity index (χ0v) is 18.9. The fraction of sp³-hybridized carbons (Fsp3) is 0.462. The van der Waals surface area contributed by atoms with Crippen LogP contribution in [0.25, 0.3) is 0 Å². The van der Waals surface area contributed by atoms with Crippen LogP contribution < -0.4 is 10.6 Å². The zero-order valence-electron chi connectivity index (χ0n) is 18.9. The molecule has 2 N–H and O–H groups in total. The van der Waals surface area contributed by atoms with Gasteiger partial charge in [0.2, 0.25) is 5.91 Å². The molecule has 2 unspecified atom stereocenters. The standard InChI is InChI=1S/C26H35N3O2/c1-19(2)24(28-25(30)23-13-7-9-20(3)15-23)26(31)27-16-22-12-8-14-29(18-22)17-21-10-5-4-6-11-21/h4-7,9-11,13,15,19,22,24H,8,12,14,16-18H2,1-3H3,(H,27,31)(H,28,30). The van der Waals surface area contributed by atoms with E-state index in [2.05, 4.69) is 39.8 Å². The van der Waals surface area contributed by atoms with Gasteiger partial charge in [-0.3, -0.25) is 14.5 Å². The minimum absolute atomic E-state index is 0.00898. The number of hydrogen-bond acceptors (Lipinski definition) is 3. The number of nitrogens with one attached hydrogen (secondary N) is 2. The first-order chi connectivity index (χ1) is 14.9. The van der Waals surface area contributed by atoms with Crippen molar-refractivity contribution in [2.24, 2.45) is 11.8 Å². The number of aryl methyl sites for hydroxylation is 1. The van der Waals surface area contributed by atoms with Crippen LogP contribution in [0.5, 0.6) is 0 Å². The summed E-state index contributed by atoms with van der Waals surface area (Å²) in [6, 6.07) is 17.4. The quantitative estimate of drug-likeness (QED) is 0.682. The summed E-state index contributed by atoms with van der Waals surface area (Å²) in [5.41, 5.74) is 2.93. The Morgan fingerprint density at radius 2 is 1.87 bits per heavy atom. The molecule has 1 aliphatic rings. The molecule has 0 radical (unpaired) electrons. The maximum Gasteiger partial charge on any atom is 0.251 e. The lowest BCUT2D eigenvalue weighted by atomic mass is 9.96. The molecule has 3 rings (SSSR count). The Bertz CT molecular complexity index is 866. The first-order valence-corrected chi connectivity index (χ1v) is 11.3. The van der Waals surface area contributed by atoms with E-state index in [1.54, 1.807) is 6.07 Å². The molecule has 2 atom stereocenters. The molecule has 0 spiro atoms. The lowest BCUT2D eigenvalue weighted by Gasteiger charge is -2.33. The summed E-state index contributed by atoms with van der Waals surface area (Å²) >= 11 is 0. The lowest BCUT2D eigenvalue weighted by molar-refractivity contribution is -0.124. The van der Waals surface area contributed by atoms with Crippen LogP contribution >= 0.6 is 0 Å². The van der Waals surface area contributed by atoms with Crippen molar-refractivity contribution in [1.82, 2.24) is 15.5 Å². The van der Waals surface area contributed by atoms with Gasteiger partial charge in [-0.05, 0) is 55.8 Å². The summed E-state index contributed by atoms with van der Waals surface area (Å²) < 4.78 is 0. The van der Waals surface area contributed by atoms with E-state index in [0.29, 0.717) is 18.0 Å². The summed E-state index contributed by atoms with van der Waals surface area (Å²) in [6.45, 7) is 9.55. The van der Waals surface area contributed by atoms with Crippen LogP contribution in [0.1, 0.15) is 48.2 Å². The van der Waals surface area contributed by atoms with Gasteiger partial charge >= 0.3 is 0 Å². The Labute approximate surface area is 186 Å². The highest BCUT2D eigenvalue weighted by molar-refractivity contribution is 5.97. The van der Waals surface area contributed by atoms with E-state index in [9.17, 15) is 9.59 Å². The molecule has 5 heteroatoms. The summed E-state index contributed by atoms with van der Waals surface area (Å²) in [4.78, 5) is 28.0. The molecular weight excluding hydrogens is 386 g/mol. The van der Waals surface area contributed by atoms with E-state index in [1.807, 2.05) is 45.0 Å². The number of carbonyl (C=O) groups is 2. The minimum atomic E-state index is -0.544. The maximum absolute atomic E-state index is 12.9. The third kappa shape index (κ3) is 6.93. The molecule has 5 nitrogen and oxygen atoms in total. The van der Waals surface area contributed by atoms with Crippen molar-refractivity contribution >= 4 is 11.8 Å². The maximum atomic E-state index is 12.9. The third-order valence-corrected chi connectivity index (χ3v) is 5.93. The molecule has 31 heavy (non-hydrogen) atoms. The molecular formula is C26H35N3O2. The van der Waals surface area contributed by atoms with Crippen LogP contribution in [0.3, 0.4) is 0 Å². The molecule has 1 heterocycles. The average molecular weight is 422 g/mol. The van der Waals surface area contributed by atoms with Gasteiger partial charge in [0.15, 0.2) is 0 Å². The number of carbonyl (C=O) groups excluding carboxylic acids is 2. The van der Waals surface area contributed by atoms with Gasteiger partial charge in [-0.2, -0.15) is 0 Å². The van der Waals surface area contributed by atoms with Crippen LogP contribution in [0.4, 0.5) is 0 Å². The molecule has 0 aliphatic carbocycles. The van der Waals surface area contributed by atoms with Gasteiger partial charge in [-0.1, -0.05) is 61.9 Å². The largest absolute Gasteiger partial charge is 0.354 e. The SMILES string of the molecule is Cc1cccc(C(=O)NC(C(=O)NCC2CCCN(Cc3ccccc3)C2)C(C)C)c1. The van der Waals surface area contributed by atoms with E-state index in [-0.39, 0.29) is 17.7 Å². The van der Waals surface area contributed by atoms with Crippen LogP contribution in [0, 0.1) is 18.8 Å². The highest BCUT2D eigenvalue weighted by Gasteiger charge is 2.26. The molecule has 166 valence electrons. The van der Waals surface area contributed by atoms with Crippen molar-refractivity contribution in [2.75, 3.05) is 19.6 Å². The zero-order chi connectivity index (χ0) is 22.2. The predicted molar refractivity (Wildman–Crippen MR) is 125 cm³/mol. The Hall–Kier alpha value is -2.66. The number of rotatable bonds is 8. The molecule has 0 bridgehead atoms. The summed E-state index contributed by atoms with van der Waals surface area (Å²) in [5.74, 6) is 0.136. The second-order valence-corrected chi connectivity index (χ2v) is 9.04. The second-order valence-electron chi connectivity index (χ2n) is 9.04. The topological polar surface area (TPSA) is 61.4 Å². The molecule has 1 saturated heterocycles. The van der Waals surface area contributed by atoms with Gasteiger partial charge in [0.25, 0.3) is 5.91 Å². The summed E-state index contributed by atoms with van der Waals surface area (Å²) in [6.07, 6.45) is 2.26. The van der Waals surface area contributed by atoms with Gasteiger partial charge < -0.3 is 10.6 Å². The Morgan fingerprint density at radius 3 is 2.58 bits per heavy atom. The highest BCUT2D eigenvalue weighted by atomic mass is 16.2. The predicted octanol–water partition coefficient (Wildman–Crippen LogP) is 3.78. The normalized spacial score (nSPS) is 17.9. The molecule has 1 fully saturated rings. The van der Waals surface area contributed by atoms with E-state index in [0.717, 1.165) is 38.0 Å². The fourth-order valence-electron chi connectivity index (χ4n) is 4.20. The Balaban J connectivity index is 1.51. The van der Waals surface area contributed by atoms with Gasteiger partial charge in [0.05, 0.1) is 0 Å². The summed E-state index contributed by atoms with van der Waals surface area (Å²) in [7, 11) is 0. The minimum Gasteiger partial charge on any atom is -0.354 e. The van der Waals surface area contributed by atoms with Gasteiger partial charge in [-0.15, -0.1) is 0 Å². The van der Waals surface area contributed by atoms with Crippen LogP contribution in [-0.4, -0.2) is 42.4 Å². The number of piperidine rings is 1. The molecule has 2 amide bonds. The number of likely N-dealkylation sites (tertiary alicyclic amines) is 1. The second kappa shape index (κ2) is 11.1. The highest BCUT2D eigenvalue weighted by Crippen LogP contribution is 2.18. The third-order valence-electron chi connectivity index (χ3n) is 5.93. The fourth-order valence-corrected chi connectivity index (χ4v) is 4.20. The molecule has 0 saturated carbocycles. The van der Waals surface area contributed by atoms with E-state index in [1.165, 1.54) is 5.56 Å². The first kappa shape index (κ1) is 23.0. The molecule has 2 aromatic rings. The van der Waals surface area contributed by atoms with E-state index in [4.69, 9.17) is 0 Å². The molecule has 0 aromatic heterocycles. The first-order valence-electron chi connectivity index (χ1n) is 11.3. The molecule has 1 aliphatic heterocycles. The van der Waals surface area contributed by atoms with Crippen molar-refractivity contribution in [3.63, 3.8) is 0 Å². The van der Waals surface area contributed by atoms with Crippen LogP contribution in [-0.2, 0) is 11.3 Å². The number of nitrogens with zero attached hydrogens (tertiary/aromatic N) is 1. The van der Waals surface area contributed by atoms with Crippen molar-refractivity contribution in [2.45, 2.75) is 46.2 Å². The van der Waals surface area contributed by atoms with Crippen LogP contribution in [0.15, 0.2) is 54.6 Å². The van der Waals surface area contributed by atoms with Gasteiger partial charge in [-0.25, -0.2) is 0 Å². The van der Waals surface area contributed by atoms with Crippen LogP contribution in [0.2, 0.25) is 0 Å². The monoisotopic (exact) mass is 421 g/mol. The lowest BCUT2D eigenvalue weighted by Crippen LogP contribution is -2.51. The van der Waals surface area contributed by atoms with E-state index >= 15 is 0 Å². The summed E-state index contributed by atoms with van der Waals surface area (Å²) in [5, 5.41) is 6.03. The van der Waals surface area contributed by atoms with E-state index < -0.39 is 6.04 Å². The number of amides is 2. The van der Waals surface area contributed by atoms with Crippen molar-refractivity contribution in [3.8, 4) is 0 Å². The van der Waals surface area contributed by atoms with Crippen molar-refractivity contribution in [1.29, 1.82) is 0 Å². The van der Waals surface area contributed by atoms with Gasteiger partial charge in [0, 0.05) is 25.2 Å². The molecule has 2 aromatic carbocycles. The number of benzene rings is 2. The Kier molecular flexibility index (Phi) is 8.24. The Morgan fingerprint density at radius 1 is 1.10 bits per heavy atom. The van der Waals surface area contributed by atoms with Crippen molar-refractivity contribution in [3.05, 3.63) is 71.3 Å². The van der Waals surface area contributed by atoms with Crippen molar-refractivity contribution < 1.29 is 9.59 Å². The average Bonchev–Trinajstić information content (AvgIpc) is 2.76.